The van der Waals surface area contributed by atoms with Gasteiger partial charge in [0, 0.05) is 24.1 Å². The molecule has 2 aromatic rings. The van der Waals surface area contributed by atoms with E-state index in [1.807, 2.05) is 37.3 Å². The standard InChI is InChI=1S/C19H21N3O4S/c1-14(17-6-3-4-7-18(17)26-2)22-19(23)15-8-10-16(11-9-15)27(24,25)21-13-5-12-20/h3-4,6-11,14,21H,5,13H2,1-2H3,(H,22,23). The van der Waals surface area contributed by atoms with Crippen LogP contribution < -0.4 is 14.8 Å². The molecule has 0 fully saturated rings. The predicted octanol–water partition coefficient (Wildman–Crippen LogP) is 2.38. The van der Waals surface area contributed by atoms with Gasteiger partial charge in [-0.05, 0) is 37.3 Å². The van der Waals surface area contributed by atoms with E-state index in [-0.39, 0.29) is 29.8 Å². The van der Waals surface area contributed by atoms with Gasteiger partial charge in [-0.15, -0.1) is 0 Å². The lowest BCUT2D eigenvalue weighted by atomic mass is 10.1. The fourth-order valence-electron chi connectivity index (χ4n) is 2.49. The highest BCUT2D eigenvalue weighted by Gasteiger charge is 2.17. The summed E-state index contributed by atoms with van der Waals surface area (Å²) in [6, 6.07) is 14.6. The van der Waals surface area contributed by atoms with Crippen molar-refractivity contribution in [3.8, 4) is 11.8 Å². The highest BCUT2D eigenvalue weighted by atomic mass is 32.2. The van der Waals surface area contributed by atoms with Gasteiger partial charge in [-0.1, -0.05) is 18.2 Å². The molecule has 0 aliphatic rings. The summed E-state index contributed by atoms with van der Waals surface area (Å²) < 4.78 is 31.8. The number of hydrogen-bond acceptors (Lipinski definition) is 5. The van der Waals surface area contributed by atoms with Crippen LogP contribution in [0.3, 0.4) is 0 Å². The van der Waals surface area contributed by atoms with Gasteiger partial charge in [0.2, 0.25) is 10.0 Å². The predicted molar refractivity (Wildman–Crippen MR) is 101 cm³/mol. The summed E-state index contributed by atoms with van der Waals surface area (Å²) in [5, 5.41) is 11.3. The molecule has 142 valence electrons. The molecule has 0 saturated carbocycles. The number of sulfonamides is 1. The van der Waals surface area contributed by atoms with Crippen LogP contribution in [0.15, 0.2) is 53.4 Å². The molecule has 7 nitrogen and oxygen atoms in total. The molecule has 0 aliphatic heterocycles. The zero-order chi connectivity index (χ0) is 19.9. The molecule has 0 aromatic heterocycles. The SMILES string of the molecule is COc1ccccc1C(C)NC(=O)c1ccc(S(=O)(=O)NCCC#N)cc1. The van der Waals surface area contributed by atoms with E-state index < -0.39 is 10.0 Å². The summed E-state index contributed by atoms with van der Waals surface area (Å²) in [7, 11) is -2.13. The summed E-state index contributed by atoms with van der Waals surface area (Å²) >= 11 is 0. The van der Waals surface area contributed by atoms with Gasteiger partial charge in [0.1, 0.15) is 5.75 Å². The Balaban J connectivity index is 2.08. The summed E-state index contributed by atoms with van der Waals surface area (Å²) in [6.45, 7) is 1.88. The summed E-state index contributed by atoms with van der Waals surface area (Å²) in [4.78, 5) is 12.5. The molecule has 27 heavy (non-hydrogen) atoms. The van der Waals surface area contributed by atoms with Crippen molar-refractivity contribution in [2.45, 2.75) is 24.3 Å². The van der Waals surface area contributed by atoms with Crippen LogP contribution in [0.2, 0.25) is 0 Å². The molecule has 0 aliphatic carbocycles. The van der Waals surface area contributed by atoms with Crippen molar-refractivity contribution in [1.29, 1.82) is 5.26 Å². The Morgan fingerprint density at radius 2 is 1.85 bits per heavy atom. The Labute approximate surface area is 159 Å². The lowest BCUT2D eigenvalue weighted by Crippen LogP contribution is -2.27. The number of nitrogens with one attached hydrogen (secondary N) is 2. The normalized spacial score (nSPS) is 12.0. The first-order valence-corrected chi connectivity index (χ1v) is 9.78. The fourth-order valence-corrected chi connectivity index (χ4v) is 3.52. The minimum atomic E-state index is -3.70. The van der Waals surface area contributed by atoms with Crippen LogP contribution in [0.25, 0.3) is 0 Å². The number of hydrogen-bond donors (Lipinski definition) is 2. The van der Waals surface area contributed by atoms with E-state index in [0.717, 1.165) is 5.56 Å². The van der Waals surface area contributed by atoms with Crippen molar-refractivity contribution in [2.24, 2.45) is 0 Å². The monoisotopic (exact) mass is 387 g/mol. The fraction of sp³-hybridized carbons (Fsp3) is 0.263. The number of rotatable bonds is 8. The Kier molecular flexibility index (Phi) is 6.93. The van der Waals surface area contributed by atoms with E-state index in [1.165, 1.54) is 24.3 Å². The van der Waals surface area contributed by atoms with Crippen molar-refractivity contribution in [3.05, 3.63) is 59.7 Å². The van der Waals surface area contributed by atoms with Crippen LogP contribution in [-0.2, 0) is 10.0 Å². The average Bonchev–Trinajstić information content (AvgIpc) is 2.68. The van der Waals surface area contributed by atoms with Gasteiger partial charge in [0.05, 0.1) is 24.1 Å². The number of methoxy groups -OCH3 is 1. The number of nitriles is 1. The molecule has 0 radical (unpaired) electrons. The van der Waals surface area contributed by atoms with Gasteiger partial charge in [-0.25, -0.2) is 13.1 Å². The second-order valence-corrected chi connectivity index (χ2v) is 7.53. The zero-order valence-electron chi connectivity index (χ0n) is 15.1. The molecule has 0 spiro atoms. The van der Waals surface area contributed by atoms with Crippen molar-refractivity contribution in [3.63, 3.8) is 0 Å². The third-order valence-electron chi connectivity index (χ3n) is 3.91. The molecular weight excluding hydrogens is 366 g/mol. The average molecular weight is 387 g/mol. The molecule has 8 heteroatoms. The first-order chi connectivity index (χ1) is 12.9. The van der Waals surface area contributed by atoms with E-state index in [2.05, 4.69) is 10.0 Å². The molecule has 2 N–H and O–H groups in total. The first-order valence-electron chi connectivity index (χ1n) is 8.29. The van der Waals surface area contributed by atoms with Crippen LogP contribution in [0.5, 0.6) is 5.75 Å². The minimum Gasteiger partial charge on any atom is -0.496 e. The number of benzene rings is 2. The molecule has 1 amide bonds. The maximum Gasteiger partial charge on any atom is 0.251 e. The Bertz CT molecular complexity index is 934. The molecule has 1 atom stereocenters. The summed E-state index contributed by atoms with van der Waals surface area (Å²) in [5.74, 6) is 0.352. The third kappa shape index (κ3) is 5.29. The lowest BCUT2D eigenvalue weighted by molar-refractivity contribution is 0.0939. The van der Waals surface area contributed by atoms with Crippen LogP contribution in [0, 0.1) is 11.3 Å². The van der Waals surface area contributed by atoms with E-state index in [0.29, 0.717) is 11.3 Å². The molecule has 1 unspecified atom stereocenters. The van der Waals surface area contributed by atoms with Gasteiger partial charge in [-0.3, -0.25) is 4.79 Å². The van der Waals surface area contributed by atoms with Crippen molar-refractivity contribution in [1.82, 2.24) is 10.0 Å². The molecule has 0 saturated heterocycles. The Morgan fingerprint density at radius 1 is 1.19 bits per heavy atom. The van der Waals surface area contributed by atoms with Crippen molar-refractivity contribution in [2.75, 3.05) is 13.7 Å². The largest absolute Gasteiger partial charge is 0.496 e. The maximum atomic E-state index is 12.4. The number of para-hydroxylation sites is 1. The van der Waals surface area contributed by atoms with Crippen LogP contribution in [0.4, 0.5) is 0 Å². The van der Waals surface area contributed by atoms with E-state index in [1.54, 1.807) is 7.11 Å². The lowest BCUT2D eigenvalue weighted by Gasteiger charge is -2.17. The van der Waals surface area contributed by atoms with Crippen LogP contribution in [-0.4, -0.2) is 28.0 Å². The van der Waals surface area contributed by atoms with Gasteiger partial charge >= 0.3 is 0 Å². The summed E-state index contributed by atoms with van der Waals surface area (Å²) in [5.41, 5.74) is 1.18. The third-order valence-corrected chi connectivity index (χ3v) is 5.39. The highest BCUT2D eigenvalue weighted by Crippen LogP contribution is 2.24. The first kappa shape index (κ1) is 20.4. The number of nitrogens with zero attached hydrogens (tertiary/aromatic N) is 1. The number of carbonyl (C=O) groups is 1. The van der Waals surface area contributed by atoms with E-state index >= 15 is 0 Å². The quantitative estimate of drug-likeness (QED) is 0.676. The summed E-state index contributed by atoms with van der Waals surface area (Å²) in [6.07, 6.45) is 0.0839. The molecule has 2 aromatic carbocycles. The van der Waals surface area contributed by atoms with Crippen molar-refractivity contribution >= 4 is 15.9 Å². The van der Waals surface area contributed by atoms with Gasteiger partial charge in [-0.2, -0.15) is 5.26 Å². The number of ether oxygens (including phenoxy) is 1. The second-order valence-electron chi connectivity index (χ2n) is 5.77. The van der Waals surface area contributed by atoms with Crippen LogP contribution >= 0.6 is 0 Å². The van der Waals surface area contributed by atoms with Gasteiger partial charge in [0.25, 0.3) is 5.91 Å². The second kappa shape index (κ2) is 9.16. The molecule has 0 heterocycles. The topological polar surface area (TPSA) is 108 Å². The maximum absolute atomic E-state index is 12.4. The molecule has 0 bridgehead atoms. The Morgan fingerprint density at radius 3 is 2.48 bits per heavy atom. The number of carbonyl (C=O) groups excluding carboxylic acids is 1. The van der Waals surface area contributed by atoms with E-state index in [9.17, 15) is 13.2 Å². The van der Waals surface area contributed by atoms with E-state index in [4.69, 9.17) is 10.00 Å². The smallest absolute Gasteiger partial charge is 0.251 e. The van der Waals surface area contributed by atoms with Crippen LogP contribution in [0.1, 0.15) is 35.3 Å². The zero-order valence-corrected chi connectivity index (χ0v) is 15.9. The minimum absolute atomic E-state index is 0.0368. The highest BCUT2D eigenvalue weighted by molar-refractivity contribution is 7.89. The number of amides is 1. The van der Waals surface area contributed by atoms with Gasteiger partial charge < -0.3 is 10.1 Å². The van der Waals surface area contributed by atoms with Crippen molar-refractivity contribution < 1.29 is 17.9 Å². The Hall–Kier alpha value is -2.89. The molecule has 2 rings (SSSR count). The molecular formula is C19H21N3O4S. The van der Waals surface area contributed by atoms with Gasteiger partial charge in [0.15, 0.2) is 0 Å².